The first-order valence-corrected chi connectivity index (χ1v) is 4.34. The van der Waals surface area contributed by atoms with Crippen molar-refractivity contribution in [2.45, 2.75) is 13.5 Å². The molecule has 0 spiro atoms. The lowest BCUT2D eigenvalue weighted by atomic mass is 10.1. The van der Waals surface area contributed by atoms with Crippen LogP contribution in [-0.2, 0) is 11.3 Å². The van der Waals surface area contributed by atoms with E-state index in [9.17, 15) is 4.79 Å². The zero-order valence-corrected chi connectivity index (χ0v) is 7.99. The van der Waals surface area contributed by atoms with E-state index >= 15 is 0 Å². The zero-order valence-electron chi connectivity index (χ0n) is 7.99. The number of carbonyl (C=O) groups is 1. The summed E-state index contributed by atoms with van der Waals surface area (Å²) in [5.74, 6) is -1.01. The Morgan fingerprint density at radius 3 is 2.86 bits per heavy atom. The Labute approximate surface area is 82.3 Å². The van der Waals surface area contributed by atoms with Gasteiger partial charge in [0.1, 0.15) is 0 Å². The second kappa shape index (κ2) is 4.62. The number of nitrogen functional groups attached to an aromatic ring is 1. The fraction of sp³-hybridized carbons (Fsp3) is 0.300. The highest BCUT2D eigenvalue weighted by Crippen LogP contribution is 2.14. The smallest absolute Gasteiger partial charge is 0.337 e. The van der Waals surface area contributed by atoms with Crippen molar-refractivity contribution in [3.63, 3.8) is 0 Å². The van der Waals surface area contributed by atoms with Crippen LogP contribution in [0.15, 0.2) is 18.2 Å². The highest BCUT2D eigenvalue weighted by molar-refractivity contribution is 5.93. The number of anilines is 1. The van der Waals surface area contributed by atoms with E-state index in [2.05, 4.69) is 0 Å². The zero-order chi connectivity index (χ0) is 10.6. The Balaban J connectivity index is 2.89. The van der Waals surface area contributed by atoms with Gasteiger partial charge in [-0.05, 0) is 24.6 Å². The van der Waals surface area contributed by atoms with Gasteiger partial charge in [0, 0.05) is 12.3 Å². The van der Waals surface area contributed by atoms with Crippen LogP contribution in [0.4, 0.5) is 5.69 Å². The van der Waals surface area contributed by atoms with Crippen LogP contribution < -0.4 is 5.73 Å². The molecular formula is C10H13NO3. The van der Waals surface area contributed by atoms with E-state index in [1.807, 2.05) is 6.92 Å². The highest BCUT2D eigenvalue weighted by atomic mass is 16.5. The lowest BCUT2D eigenvalue weighted by molar-refractivity contribution is 0.0697. The molecule has 1 aromatic carbocycles. The molecule has 0 fully saturated rings. The Hall–Kier alpha value is -1.55. The van der Waals surface area contributed by atoms with Crippen LogP contribution in [0.1, 0.15) is 22.8 Å². The molecule has 0 aliphatic heterocycles. The molecule has 0 saturated heterocycles. The normalized spacial score (nSPS) is 10.1. The average molecular weight is 195 g/mol. The Bertz CT molecular complexity index is 336. The van der Waals surface area contributed by atoms with Gasteiger partial charge in [-0.15, -0.1) is 0 Å². The number of carboxylic acid groups (broad SMARTS) is 1. The van der Waals surface area contributed by atoms with Gasteiger partial charge < -0.3 is 15.6 Å². The Kier molecular flexibility index (Phi) is 3.48. The summed E-state index contributed by atoms with van der Waals surface area (Å²) in [6.45, 7) is 2.90. The summed E-state index contributed by atoms with van der Waals surface area (Å²) in [7, 11) is 0. The minimum Gasteiger partial charge on any atom is -0.478 e. The molecule has 14 heavy (non-hydrogen) atoms. The summed E-state index contributed by atoms with van der Waals surface area (Å²) >= 11 is 0. The first kappa shape index (κ1) is 10.5. The number of carboxylic acids is 1. The molecule has 4 heteroatoms. The topological polar surface area (TPSA) is 72.5 Å². The molecule has 0 aromatic heterocycles. The molecule has 0 aliphatic carbocycles. The third kappa shape index (κ3) is 2.47. The first-order valence-electron chi connectivity index (χ1n) is 4.34. The number of rotatable bonds is 4. The molecule has 76 valence electrons. The maximum Gasteiger partial charge on any atom is 0.337 e. The number of hydrogen-bond donors (Lipinski definition) is 2. The lowest BCUT2D eigenvalue weighted by Gasteiger charge is -2.05. The van der Waals surface area contributed by atoms with Crippen molar-refractivity contribution in [3.8, 4) is 0 Å². The number of ether oxygens (including phenoxy) is 1. The van der Waals surface area contributed by atoms with Gasteiger partial charge in [-0.1, -0.05) is 6.07 Å². The molecule has 0 saturated carbocycles. The van der Waals surface area contributed by atoms with Gasteiger partial charge in [0.15, 0.2) is 0 Å². The average Bonchev–Trinajstić information content (AvgIpc) is 2.16. The SMILES string of the molecule is CCOCc1ccc(N)c(C(=O)O)c1. The lowest BCUT2D eigenvalue weighted by Crippen LogP contribution is -2.03. The minimum absolute atomic E-state index is 0.127. The van der Waals surface area contributed by atoms with Crippen LogP contribution in [0.2, 0.25) is 0 Å². The van der Waals surface area contributed by atoms with E-state index in [1.165, 1.54) is 6.07 Å². The first-order chi connectivity index (χ1) is 6.65. The van der Waals surface area contributed by atoms with E-state index in [1.54, 1.807) is 12.1 Å². The molecule has 0 radical (unpaired) electrons. The van der Waals surface area contributed by atoms with E-state index in [-0.39, 0.29) is 11.3 Å². The van der Waals surface area contributed by atoms with E-state index < -0.39 is 5.97 Å². The molecule has 4 nitrogen and oxygen atoms in total. The van der Waals surface area contributed by atoms with E-state index in [4.69, 9.17) is 15.6 Å². The fourth-order valence-electron chi connectivity index (χ4n) is 1.10. The van der Waals surface area contributed by atoms with Crippen LogP contribution in [0.3, 0.4) is 0 Å². The van der Waals surface area contributed by atoms with Crippen molar-refractivity contribution in [2.24, 2.45) is 0 Å². The molecule has 0 bridgehead atoms. The Morgan fingerprint density at radius 1 is 1.57 bits per heavy atom. The molecule has 0 unspecified atom stereocenters. The predicted molar refractivity (Wildman–Crippen MR) is 53.1 cm³/mol. The largest absolute Gasteiger partial charge is 0.478 e. The summed E-state index contributed by atoms with van der Waals surface area (Å²) < 4.78 is 5.16. The number of hydrogen-bond acceptors (Lipinski definition) is 3. The third-order valence-electron chi connectivity index (χ3n) is 1.82. The van der Waals surface area contributed by atoms with Crippen molar-refractivity contribution in [1.82, 2.24) is 0 Å². The van der Waals surface area contributed by atoms with Gasteiger partial charge in [0.2, 0.25) is 0 Å². The molecule has 0 aliphatic rings. The summed E-state index contributed by atoms with van der Waals surface area (Å²) in [4.78, 5) is 10.7. The molecule has 1 aromatic rings. The van der Waals surface area contributed by atoms with E-state index in [0.29, 0.717) is 13.2 Å². The van der Waals surface area contributed by atoms with E-state index in [0.717, 1.165) is 5.56 Å². The summed E-state index contributed by atoms with van der Waals surface area (Å²) in [5, 5.41) is 8.79. The molecule has 3 N–H and O–H groups in total. The maximum absolute atomic E-state index is 10.7. The monoisotopic (exact) mass is 195 g/mol. The van der Waals surface area contributed by atoms with Crippen molar-refractivity contribution >= 4 is 11.7 Å². The van der Waals surface area contributed by atoms with Crippen LogP contribution >= 0.6 is 0 Å². The molecule has 0 atom stereocenters. The van der Waals surface area contributed by atoms with Crippen LogP contribution in [-0.4, -0.2) is 17.7 Å². The number of nitrogens with two attached hydrogens (primary N) is 1. The van der Waals surface area contributed by atoms with Crippen LogP contribution in [0.5, 0.6) is 0 Å². The predicted octanol–water partition coefficient (Wildman–Crippen LogP) is 1.50. The highest BCUT2D eigenvalue weighted by Gasteiger charge is 2.08. The molecular weight excluding hydrogens is 182 g/mol. The van der Waals surface area contributed by atoms with Crippen molar-refractivity contribution in [3.05, 3.63) is 29.3 Å². The Morgan fingerprint density at radius 2 is 2.29 bits per heavy atom. The van der Waals surface area contributed by atoms with Crippen molar-refractivity contribution < 1.29 is 14.6 Å². The minimum atomic E-state index is -1.01. The van der Waals surface area contributed by atoms with Gasteiger partial charge in [0.05, 0.1) is 12.2 Å². The third-order valence-corrected chi connectivity index (χ3v) is 1.82. The van der Waals surface area contributed by atoms with Crippen molar-refractivity contribution in [2.75, 3.05) is 12.3 Å². The summed E-state index contributed by atoms with van der Waals surface area (Å²) in [6.07, 6.45) is 0. The number of aromatic carboxylic acids is 1. The second-order valence-corrected chi connectivity index (χ2v) is 2.86. The van der Waals surface area contributed by atoms with Crippen molar-refractivity contribution in [1.29, 1.82) is 0 Å². The molecule has 0 heterocycles. The molecule has 1 rings (SSSR count). The summed E-state index contributed by atoms with van der Waals surface area (Å²) in [5.41, 5.74) is 6.72. The van der Waals surface area contributed by atoms with Gasteiger partial charge in [-0.3, -0.25) is 0 Å². The summed E-state index contributed by atoms with van der Waals surface area (Å²) in [6, 6.07) is 4.88. The van der Waals surface area contributed by atoms with Gasteiger partial charge in [-0.2, -0.15) is 0 Å². The fourth-order valence-corrected chi connectivity index (χ4v) is 1.10. The van der Waals surface area contributed by atoms with Gasteiger partial charge in [0.25, 0.3) is 0 Å². The number of benzene rings is 1. The van der Waals surface area contributed by atoms with Crippen LogP contribution in [0.25, 0.3) is 0 Å². The van der Waals surface area contributed by atoms with Crippen LogP contribution in [0, 0.1) is 0 Å². The van der Waals surface area contributed by atoms with Gasteiger partial charge in [-0.25, -0.2) is 4.79 Å². The standard InChI is InChI=1S/C10H13NO3/c1-2-14-6-7-3-4-9(11)8(5-7)10(12)13/h3-5H,2,6,11H2,1H3,(H,12,13). The quantitative estimate of drug-likeness (QED) is 0.714. The molecule has 0 amide bonds. The van der Waals surface area contributed by atoms with Gasteiger partial charge >= 0.3 is 5.97 Å². The maximum atomic E-state index is 10.7. The second-order valence-electron chi connectivity index (χ2n) is 2.86.